The molecular weight excluding hydrogens is 327 g/mol. The van der Waals surface area contributed by atoms with Crippen molar-refractivity contribution in [1.82, 2.24) is 0 Å². The Balaban J connectivity index is 2.58. The molecule has 0 N–H and O–H groups in total. The fraction of sp³-hybridized carbons (Fsp3) is 0.143. The molecule has 0 saturated carbocycles. The zero-order chi connectivity index (χ0) is 14.7. The zero-order valence-electron chi connectivity index (χ0n) is 10.7. The number of nitro groups is 1. The van der Waals surface area contributed by atoms with Crippen LogP contribution in [0.25, 0.3) is 0 Å². The highest BCUT2D eigenvalue weighted by Crippen LogP contribution is 2.36. The number of benzene rings is 2. The van der Waals surface area contributed by atoms with Gasteiger partial charge in [0.1, 0.15) is 11.5 Å². The van der Waals surface area contributed by atoms with Crippen LogP contribution in [0.15, 0.2) is 46.9 Å². The molecule has 4 nitrogen and oxygen atoms in total. The Kier molecular flexibility index (Phi) is 4.34. The second-order valence-corrected chi connectivity index (χ2v) is 5.00. The highest BCUT2D eigenvalue weighted by molar-refractivity contribution is 9.10. The van der Waals surface area contributed by atoms with Gasteiger partial charge in [-0.3, -0.25) is 10.1 Å². The normalized spacial score (nSPS) is 10.3. The number of hydrogen-bond donors (Lipinski definition) is 0. The van der Waals surface area contributed by atoms with E-state index in [0.29, 0.717) is 22.4 Å². The van der Waals surface area contributed by atoms with Gasteiger partial charge in [0.2, 0.25) is 0 Å². The van der Waals surface area contributed by atoms with Crippen molar-refractivity contribution in [1.29, 1.82) is 0 Å². The van der Waals surface area contributed by atoms with Gasteiger partial charge in [0.15, 0.2) is 0 Å². The lowest BCUT2D eigenvalue weighted by atomic mass is 10.2. The summed E-state index contributed by atoms with van der Waals surface area (Å²) in [6, 6.07) is 10.9. The van der Waals surface area contributed by atoms with E-state index in [1.807, 2.05) is 6.92 Å². The summed E-state index contributed by atoms with van der Waals surface area (Å²) in [5.41, 5.74) is 0.621. The summed E-state index contributed by atoms with van der Waals surface area (Å²) in [4.78, 5) is 12.3. The van der Waals surface area contributed by atoms with Crippen LogP contribution in [0, 0.1) is 15.9 Å². The molecular formula is C14H12BrFN2O2. The minimum atomic E-state index is -0.469. The standard InChI is InChI=1S/C14H12BrFN2O2/c1-2-17(12-6-4-3-5-11(12)16)13-8-7-10(15)9-14(13)18(19)20/h3-9H,2H2,1H3. The predicted octanol–water partition coefficient (Wildman–Crippen LogP) is 4.65. The Morgan fingerprint density at radius 3 is 2.55 bits per heavy atom. The van der Waals surface area contributed by atoms with Crippen molar-refractivity contribution in [2.75, 3.05) is 11.4 Å². The summed E-state index contributed by atoms with van der Waals surface area (Å²) in [6.45, 7) is 2.24. The first-order valence-corrected chi connectivity index (χ1v) is 6.80. The summed E-state index contributed by atoms with van der Waals surface area (Å²) in [5, 5.41) is 11.2. The lowest BCUT2D eigenvalue weighted by Crippen LogP contribution is -2.18. The van der Waals surface area contributed by atoms with Gasteiger partial charge in [-0.1, -0.05) is 28.1 Å². The summed E-state index contributed by atoms with van der Waals surface area (Å²) < 4.78 is 14.5. The molecule has 2 rings (SSSR count). The predicted molar refractivity (Wildman–Crippen MR) is 79.9 cm³/mol. The number of rotatable bonds is 4. The Morgan fingerprint density at radius 1 is 1.25 bits per heavy atom. The maximum atomic E-state index is 13.9. The quantitative estimate of drug-likeness (QED) is 0.601. The van der Waals surface area contributed by atoms with Crippen LogP contribution in [0.4, 0.5) is 21.5 Å². The summed E-state index contributed by atoms with van der Waals surface area (Å²) in [7, 11) is 0. The second-order valence-electron chi connectivity index (χ2n) is 4.09. The topological polar surface area (TPSA) is 46.4 Å². The third-order valence-corrected chi connectivity index (χ3v) is 3.38. The van der Waals surface area contributed by atoms with Gasteiger partial charge in [0, 0.05) is 17.1 Å². The molecule has 0 aliphatic heterocycles. The molecule has 0 aliphatic rings. The Labute approximate surface area is 124 Å². The molecule has 104 valence electrons. The largest absolute Gasteiger partial charge is 0.334 e. The van der Waals surface area contributed by atoms with Gasteiger partial charge in [-0.15, -0.1) is 0 Å². The van der Waals surface area contributed by atoms with E-state index in [4.69, 9.17) is 0 Å². The van der Waals surface area contributed by atoms with E-state index in [1.165, 1.54) is 12.1 Å². The fourth-order valence-electron chi connectivity index (χ4n) is 2.01. The fourth-order valence-corrected chi connectivity index (χ4v) is 2.36. The number of nitro benzene ring substituents is 1. The molecule has 2 aromatic rings. The van der Waals surface area contributed by atoms with Gasteiger partial charge in [0.05, 0.1) is 10.6 Å². The third kappa shape index (κ3) is 2.80. The molecule has 0 aromatic heterocycles. The summed E-state index contributed by atoms with van der Waals surface area (Å²) >= 11 is 3.21. The molecule has 2 aromatic carbocycles. The van der Waals surface area contributed by atoms with Crippen molar-refractivity contribution in [3.63, 3.8) is 0 Å². The molecule has 0 radical (unpaired) electrons. The van der Waals surface area contributed by atoms with Crippen LogP contribution in [-0.4, -0.2) is 11.5 Å². The van der Waals surface area contributed by atoms with Crippen LogP contribution in [0.3, 0.4) is 0 Å². The van der Waals surface area contributed by atoms with E-state index < -0.39 is 10.7 Å². The minimum Gasteiger partial charge on any atom is -0.334 e. The average molecular weight is 339 g/mol. The third-order valence-electron chi connectivity index (χ3n) is 2.88. The molecule has 0 bridgehead atoms. The van der Waals surface area contributed by atoms with Crippen LogP contribution >= 0.6 is 15.9 Å². The molecule has 0 amide bonds. The molecule has 0 fully saturated rings. The number of halogens is 2. The molecule has 6 heteroatoms. The number of para-hydroxylation sites is 1. The Bertz CT molecular complexity index is 649. The lowest BCUT2D eigenvalue weighted by molar-refractivity contribution is -0.384. The second kappa shape index (κ2) is 6.00. The first-order chi connectivity index (χ1) is 9.54. The van der Waals surface area contributed by atoms with E-state index in [-0.39, 0.29) is 5.69 Å². The van der Waals surface area contributed by atoms with Gasteiger partial charge in [-0.25, -0.2) is 4.39 Å². The van der Waals surface area contributed by atoms with E-state index in [1.54, 1.807) is 35.2 Å². The van der Waals surface area contributed by atoms with Crippen molar-refractivity contribution < 1.29 is 9.31 Å². The van der Waals surface area contributed by atoms with Crippen molar-refractivity contribution in [2.45, 2.75) is 6.92 Å². The van der Waals surface area contributed by atoms with Gasteiger partial charge < -0.3 is 4.90 Å². The van der Waals surface area contributed by atoms with Crippen LogP contribution in [0.2, 0.25) is 0 Å². The van der Waals surface area contributed by atoms with Crippen LogP contribution < -0.4 is 4.90 Å². The van der Waals surface area contributed by atoms with Gasteiger partial charge in [-0.2, -0.15) is 0 Å². The molecule has 0 unspecified atom stereocenters. The number of anilines is 2. The Morgan fingerprint density at radius 2 is 1.95 bits per heavy atom. The molecule has 0 heterocycles. The number of hydrogen-bond acceptors (Lipinski definition) is 3. The molecule has 0 atom stereocenters. The molecule has 20 heavy (non-hydrogen) atoms. The molecule has 0 aliphatic carbocycles. The van der Waals surface area contributed by atoms with Gasteiger partial charge in [0.25, 0.3) is 5.69 Å². The lowest BCUT2D eigenvalue weighted by Gasteiger charge is -2.23. The van der Waals surface area contributed by atoms with Gasteiger partial charge in [-0.05, 0) is 31.2 Å². The number of nitrogens with zero attached hydrogens (tertiary/aromatic N) is 2. The first kappa shape index (κ1) is 14.5. The van der Waals surface area contributed by atoms with E-state index >= 15 is 0 Å². The SMILES string of the molecule is CCN(c1ccccc1F)c1ccc(Br)cc1[N+](=O)[O-]. The van der Waals surface area contributed by atoms with Crippen molar-refractivity contribution in [2.24, 2.45) is 0 Å². The maximum absolute atomic E-state index is 13.9. The average Bonchev–Trinajstić information content (AvgIpc) is 2.42. The van der Waals surface area contributed by atoms with Crippen molar-refractivity contribution in [3.05, 3.63) is 62.9 Å². The molecule has 0 saturated heterocycles. The van der Waals surface area contributed by atoms with E-state index in [9.17, 15) is 14.5 Å². The molecule has 0 spiro atoms. The smallest absolute Gasteiger partial charge is 0.294 e. The van der Waals surface area contributed by atoms with Crippen molar-refractivity contribution in [3.8, 4) is 0 Å². The Hall–Kier alpha value is -1.95. The van der Waals surface area contributed by atoms with E-state index in [0.717, 1.165) is 0 Å². The van der Waals surface area contributed by atoms with Crippen molar-refractivity contribution >= 4 is 33.0 Å². The minimum absolute atomic E-state index is 0.0653. The van der Waals surface area contributed by atoms with Crippen LogP contribution in [0.5, 0.6) is 0 Å². The van der Waals surface area contributed by atoms with E-state index in [2.05, 4.69) is 15.9 Å². The summed E-state index contributed by atoms with van der Waals surface area (Å²) in [6.07, 6.45) is 0. The highest BCUT2D eigenvalue weighted by atomic mass is 79.9. The van der Waals surface area contributed by atoms with Crippen LogP contribution in [0.1, 0.15) is 6.92 Å². The van der Waals surface area contributed by atoms with Gasteiger partial charge >= 0.3 is 0 Å². The monoisotopic (exact) mass is 338 g/mol. The van der Waals surface area contributed by atoms with Crippen LogP contribution in [-0.2, 0) is 0 Å². The zero-order valence-corrected chi connectivity index (χ0v) is 12.3. The first-order valence-electron chi connectivity index (χ1n) is 6.00. The highest BCUT2D eigenvalue weighted by Gasteiger charge is 2.21. The maximum Gasteiger partial charge on any atom is 0.294 e. The summed E-state index contributed by atoms with van der Waals surface area (Å²) in [5.74, 6) is -0.411.